The number of hydrogen-bond acceptors (Lipinski definition) is 5. The Kier molecular flexibility index (Phi) is 5.39. The highest BCUT2D eigenvalue weighted by Gasteiger charge is 2.22. The van der Waals surface area contributed by atoms with Crippen LogP contribution in [0.4, 0.5) is 5.82 Å². The molecule has 2 N–H and O–H groups in total. The van der Waals surface area contributed by atoms with E-state index in [1.165, 1.54) is 11.1 Å². The molecule has 1 aromatic carbocycles. The number of hydrogen-bond donors (Lipinski definition) is 2. The highest BCUT2D eigenvalue weighted by atomic mass is 16.2. The van der Waals surface area contributed by atoms with Crippen LogP contribution in [0.5, 0.6) is 0 Å². The van der Waals surface area contributed by atoms with Gasteiger partial charge in [0.15, 0.2) is 5.82 Å². The van der Waals surface area contributed by atoms with Gasteiger partial charge in [-0.1, -0.05) is 36.4 Å². The van der Waals surface area contributed by atoms with Crippen molar-refractivity contribution in [2.75, 3.05) is 11.9 Å². The standard InChI is InChI=1S/C22H24N4O/c27-15-7-13-18(16-8-2-1-3-9-16)24-21-17-10-6-12-19(17)25-22(26-21)20-11-4-5-14-23-20/h1-5,8-9,11,14,18,27H,6-7,10,12-13,15H2,(H,24,25,26). The first-order chi connectivity index (χ1) is 13.3. The third kappa shape index (κ3) is 3.98. The van der Waals surface area contributed by atoms with Gasteiger partial charge in [-0.15, -0.1) is 0 Å². The number of aliphatic hydroxyl groups is 1. The zero-order valence-corrected chi connectivity index (χ0v) is 15.3. The van der Waals surface area contributed by atoms with Crippen LogP contribution in [0.25, 0.3) is 11.5 Å². The van der Waals surface area contributed by atoms with Crippen molar-refractivity contribution in [2.24, 2.45) is 0 Å². The number of rotatable bonds is 7. The zero-order valence-electron chi connectivity index (χ0n) is 15.3. The minimum Gasteiger partial charge on any atom is -0.396 e. The van der Waals surface area contributed by atoms with Gasteiger partial charge in [0, 0.05) is 24.1 Å². The molecule has 1 aliphatic carbocycles. The van der Waals surface area contributed by atoms with Gasteiger partial charge in [-0.25, -0.2) is 9.97 Å². The number of anilines is 1. The number of aliphatic hydroxyl groups excluding tert-OH is 1. The van der Waals surface area contributed by atoms with Crippen LogP contribution in [-0.2, 0) is 12.8 Å². The molecule has 0 amide bonds. The average Bonchev–Trinajstić information content (AvgIpc) is 3.21. The quantitative estimate of drug-likeness (QED) is 0.667. The van der Waals surface area contributed by atoms with E-state index >= 15 is 0 Å². The second-order valence-electron chi connectivity index (χ2n) is 6.86. The molecule has 27 heavy (non-hydrogen) atoms. The predicted octanol–water partition coefficient (Wildman–Crippen LogP) is 3.95. The van der Waals surface area contributed by atoms with E-state index in [1.54, 1.807) is 6.20 Å². The minimum atomic E-state index is 0.106. The Morgan fingerprint density at radius 2 is 1.85 bits per heavy atom. The van der Waals surface area contributed by atoms with Gasteiger partial charge < -0.3 is 10.4 Å². The molecular weight excluding hydrogens is 336 g/mol. The molecule has 5 nitrogen and oxygen atoms in total. The average molecular weight is 360 g/mol. The fourth-order valence-corrected chi connectivity index (χ4v) is 3.63. The number of aromatic nitrogens is 3. The van der Waals surface area contributed by atoms with Crippen molar-refractivity contribution in [2.45, 2.75) is 38.1 Å². The summed E-state index contributed by atoms with van der Waals surface area (Å²) in [6.07, 6.45) is 6.45. The first-order valence-corrected chi connectivity index (χ1v) is 9.58. The molecule has 5 heteroatoms. The van der Waals surface area contributed by atoms with Crippen molar-refractivity contribution >= 4 is 5.82 Å². The number of nitrogens with zero attached hydrogens (tertiary/aromatic N) is 3. The van der Waals surface area contributed by atoms with Crippen molar-refractivity contribution in [3.05, 3.63) is 71.5 Å². The Balaban J connectivity index is 1.70. The summed E-state index contributed by atoms with van der Waals surface area (Å²) in [5.74, 6) is 1.58. The van der Waals surface area contributed by atoms with Crippen LogP contribution in [0, 0.1) is 0 Å². The maximum Gasteiger partial charge on any atom is 0.180 e. The second-order valence-corrected chi connectivity index (χ2v) is 6.86. The summed E-state index contributed by atoms with van der Waals surface area (Å²) < 4.78 is 0. The van der Waals surface area contributed by atoms with Crippen LogP contribution in [0.1, 0.15) is 42.1 Å². The van der Waals surface area contributed by atoms with Crippen molar-refractivity contribution < 1.29 is 5.11 Å². The number of nitrogens with one attached hydrogen (secondary N) is 1. The molecule has 0 spiro atoms. The van der Waals surface area contributed by atoms with Crippen LogP contribution in [0.2, 0.25) is 0 Å². The van der Waals surface area contributed by atoms with Crippen LogP contribution >= 0.6 is 0 Å². The Bertz CT molecular complexity index is 884. The molecular formula is C22H24N4O. The van der Waals surface area contributed by atoms with Crippen molar-refractivity contribution in [3.63, 3.8) is 0 Å². The van der Waals surface area contributed by atoms with Crippen molar-refractivity contribution in [1.82, 2.24) is 15.0 Å². The SMILES string of the molecule is OCCCC(Nc1nc(-c2ccccn2)nc2c1CCC2)c1ccccc1. The molecule has 4 rings (SSSR count). The van der Waals surface area contributed by atoms with E-state index in [0.29, 0.717) is 5.82 Å². The third-order valence-corrected chi connectivity index (χ3v) is 4.99. The number of benzene rings is 1. The molecule has 0 saturated carbocycles. The maximum absolute atomic E-state index is 9.31. The zero-order chi connectivity index (χ0) is 18.5. The van der Waals surface area contributed by atoms with Gasteiger partial charge in [-0.05, 0) is 49.8 Å². The van der Waals surface area contributed by atoms with Gasteiger partial charge in [0.05, 0.1) is 6.04 Å². The summed E-state index contributed by atoms with van der Waals surface area (Å²) >= 11 is 0. The van der Waals surface area contributed by atoms with Gasteiger partial charge in [-0.3, -0.25) is 4.98 Å². The monoisotopic (exact) mass is 360 g/mol. The molecule has 138 valence electrons. The summed E-state index contributed by atoms with van der Waals surface area (Å²) in [6, 6.07) is 16.3. The third-order valence-electron chi connectivity index (χ3n) is 4.99. The molecule has 1 aliphatic rings. The van der Waals surface area contributed by atoms with Crippen molar-refractivity contribution in [1.29, 1.82) is 0 Å². The Morgan fingerprint density at radius 1 is 1.00 bits per heavy atom. The highest BCUT2D eigenvalue weighted by Crippen LogP contribution is 2.32. The molecule has 2 heterocycles. The first-order valence-electron chi connectivity index (χ1n) is 9.58. The first kappa shape index (κ1) is 17.6. The van der Waals surface area contributed by atoms with Crippen LogP contribution in [-0.4, -0.2) is 26.7 Å². The van der Waals surface area contributed by atoms with Crippen molar-refractivity contribution in [3.8, 4) is 11.5 Å². The van der Waals surface area contributed by atoms with E-state index in [0.717, 1.165) is 49.3 Å². The maximum atomic E-state index is 9.31. The van der Waals surface area contributed by atoms with Gasteiger partial charge >= 0.3 is 0 Å². The van der Waals surface area contributed by atoms with E-state index in [1.807, 2.05) is 36.4 Å². The number of fused-ring (bicyclic) bond motifs is 1. The molecule has 1 atom stereocenters. The van der Waals surface area contributed by atoms with Crippen LogP contribution in [0.3, 0.4) is 0 Å². The highest BCUT2D eigenvalue weighted by molar-refractivity contribution is 5.58. The Morgan fingerprint density at radius 3 is 2.63 bits per heavy atom. The van der Waals surface area contributed by atoms with Crippen LogP contribution in [0.15, 0.2) is 54.7 Å². The largest absolute Gasteiger partial charge is 0.396 e. The fraction of sp³-hybridized carbons (Fsp3) is 0.318. The van der Waals surface area contributed by atoms with E-state index < -0.39 is 0 Å². The Labute approximate surface area is 159 Å². The summed E-state index contributed by atoms with van der Waals surface area (Å²) in [5.41, 5.74) is 4.35. The topological polar surface area (TPSA) is 70.9 Å². The van der Waals surface area contributed by atoms with E-state index in [4.69, 9.17) is 9.97 Å². The van der Waals surface area contributed by atoms with E-state index in [9.17, 15) is 5.11 Å². The predicted molar refractivity (Wildman–Crippen MR) is 106 cm³/mol. The molecule has 0 aliphatic heterocycles. The van der Waals surface area contributed by atoms with E-state index in [2.05, 4.69) is 22.4 Å². The van der Waals surface area contributed by atoms with E-state index in [-0.39, 0.29) is 12.6 Å². The summed E-state index contributed by atoms with van der Waals surface area (Å²) in [6.45, 7) is 0.187. The summed E-state index contributed by atoms with van der Waals surface area (Å²) in [4.78, 5) is 14.0. The molecule has 1 unspecified atom stereocenters. The van der Waals surface area contributed by atoms with Gasteiger partial charge in [0.1, 0.15) is 11.5 Å². The summed E-state index contributed by atoms with van der Waals surface area (Å²) in [5, 5.41) is 13.0. The minimum absolute atomic E-state index is 0.106. The Hall–Kier alpha value is -2.79. The normalized spacial score (nSPS) is 14.0. The lowest BCUT2D eigenvalue weighted by atomic mass is 10.0. The van der Waals surface area contributed by atoms with Gasteiger partial charge in [-0.2, -0.15) is 0 Å². The lowest BCUT2D eigenvalue weighted by Gasteiger charge is -2.21. The lowest BCUT2D eigenvalue weighted by molar-refractivity contribution is 0.281. The summed E-state index contributed by atoms with van der Waals surface area (Å²) in [7, 11) is 0. The fourth-order valence-electron chi connectivity index (χ4n) is 3.63. The van der Waals surface area contributed by atoms with Gasteiger partial charge in [0.2, 0.25) is 0 Å². The number of aryl methyl sites for hydroxylation is 1. The molecule has 0 radical (unpaired) electrons. The molecule has 3 aromatic rings. The molecule has 0 fully saturated rings. The smallest absolute Gasteiger partial charge is 0.180 e. The molecule has 2 aromatic heterocycles. The lowest BCUT2D eigenvalue weighted by Crippen LogP contribution is -2.15. The van der Waals surface area contributed by atoms with Crippen LogP contribution < -0.4 is 5.32 Å². The molecule has 0 bridgehead atoms. The molecule has 0 saturated heterocycles. The number of pyridine rings is 1. The van der Waals surface area contributed by atoms with Gasteiger partial charge in [0.25, 0.3) is 0 Å². The second kappa shape index (κ2) is 8.27.